The molecule has 20 heavy (non-hydrogen) atoms. The summed E-state index contributed by atoms with van der Waals surface area (Å²) in [6, 6.07) is 3.80. The van der Waals surface area contributed by atoms with Crippen LogP contribution in [0.4, 0.5) is 0 Å². The Bertz CT molecular complexity index is 597. The van der Waals surface area contributed by atoms with Crippen molar-refractivity contribution in [3.8, 4) is 0 Å². The minimum atomic E-state index is 0.0599. The minimum absolute atomic E-state index is 0.0599. The molecule has 1 aliphatic heterocycles. The van der Waals surface area contributed by atoms with Crippen molar-refractivity contribution in [3.63, 3.8) is 0 Å². The van der Waals surface area contributed by atoms with Crippen molar-refractivity contribution in [2.45, 2.75) is 19.8 Å². The van der Waals surface area contributed by atoms with E-state index in [0.29, 0.717) is 11.6 Å². The lowest BCUT2D eigenvalue weighted by Gasteiger charge is -2.16. The number of aromatic nitrogens is 2. The van der Waals surface area contributed by atoms with E-state index in [1.165, 1.54) is 5.01 Å². The number of aryl methyl sites for hydroxylation is 1. The molecule has 0 N–H and O–H groups in total. The molecule has 3 rings (SSSR count). The molecule has 1 unspecified atom stereocenters. The quantitative estimate of drug-likeness (QED) is 0.871. The van der Waals surface area contributed by atoms with Crippen LogP contribution in [0, 0.1) is 12.8 Å². The zero-order chi connectivity index (χ0) is 13.9. The topological polar surface area (TPSA) is 46.1 Å². The van der Waals surface area contributed by atoms with Crippen molar-refractivity contribution in [2.24, 2.45) is 5.92 Å². The molecule has 0 bridgehead atoms. The first-order valence-electron chi connectivity index (χ1n) is 6.83. The van der Waals surface area contributed by atoms with Crippen molar-refractivity contribution < 1.29 is 4.79 Å². The van der Waals surface area contributed by atoms with Crippen LogP contribution < -0.4 is 0 Å². The van der Waals surface area contributed by atoms with E-state index in [4.69, 9.17) is 0 Å². The zero-order valence-electron chi connectivity index (χ0n) is 11.5. The van der Waals surface area contributed by atoms with Crippen LogP contribution in [-0.4, -0.2) is 33.9 Å². The van der Waals surface area contributed by atoms with E-state index in [-0.39, 0.29) is 5.91 Å². The Labute approximate surface area is 122 Å². The summed E-state index contributed by atoms with van der Waals surface area (Å²) in [6.45, 7) is 3.57. The number of pyridine rings is 1. The van der Waals surface area contributed by atoms with Gasteiger partial charge in [-0.25, -0.2) is 4.98 Å². The zero-order valence-corrected chi connectivity index (χ0v) is 12.3. The van der Waals surface area contributed by atoms with Gasteiger partial charge in [-0.15, -0.1) is 11.3 Å². The highest BCUT2D eigenvalue weighted by atomic mass is 32.1. The van der Waals surface area contributed by atoms with E-state index < -0.39 is 0 Å². The van der Waals surface area contributed by atoms with Crippen LogP contribution in [0.5, 0.6) is 0 Å². The van der Waals surface area contributed by atoms with Gasteiger partial charge in [-0.3, -0.25) is 9.78 Å². The van der Waals surface area contributed by atoms with Crippen LogP contribution in [0.1, 0.15) is 27.5 Å². The molecular formula is C15H17N3OS. The van der Waals surface area contributed by atoms with E-state index in [1.54, 1.807) is 17.5 Å². The number of rotatable bonds is 3. The van der Waals surface area contributed by atoms with Gasteiger partial charge in [0.1, 0.15) is 5.69 Å². The van der Waals surface area contributed by atoms with Gasteiger partial charge in [0.15, 0.2) is 0 Å². The highest BCUT2D eigenvalue weighted by molar-refractivity contribution is 7.09. The molecule has 5 heteroatoms. The maximum absolute atomic E-state index is 12.5. The molecule has 104 valence electrons. The molecule has 2 aromatic rings. The third-order valence-electron chi connectivity index (χ3n) is 3.73. The standard InChI is InChI=1S/C15H17N3OS/c1-11-3-2-5-17-14(11)15(19)18-7-4-12(10-18)9-13-16-6-8-20-13/h2-3,5-6,8,12H,4,7,9-10H2,1H3. The fourth-order valence-electron chi connectivity index (χ4n) is 2.64. The van der Waals surface area contributed by atoms with Gasteiger partial charge in [-0.2, -0.15) is 0 Å². The van der Waals surface area contributed by atoms with Crippen molar-refractivity contribution in [1.29, 1.82) is 0 Å². The Morgan fingerprint density at radius 3 is 3.10 bits per heavy atom. The maximum atomic E-state index is 12.5. The van der Waals surface area contributed by atoms with Crippen LogP contribution >= 0.6 is 11.3 Å². The number of likely N-dealkylation sites (tertiary alicyclic amines) is 1. The van der Waals surface area contributed by atoms with Gasteiger partial charge in [-0.05, 0) is 30.9 Å². The third kappa shape index (κ3) is 2.72. The summed E-state index contributed by atoms with van der Waals surface area (Å²) >= 11 is 1.69. The normalized spacial score (nSPS) is 18.4. The van der Waals surface area contributed by atoms with Gasteiger partial charge < -0.3 is 4.90 Å². The van der Waals surface area contributed by atoms with Gasteiger partial charge in [0.2, 0.25) is 0 Å². The van der Waals surface area contributed by atoms with E-state index in [2.05, 4.69) is 9.97 Å². The number of carbonyl (C=O) groups is 1. The number of hydrogen-bond acceptors (Lipinski definition) is 4. The van der Waals surface area contributed by atoms with Gasteiger partial charge in [0.05, 0.1) is 5.01 Å². The Morgan fingerprint density at radius 1 is 1.45 bits per heavy atom. The van der Waals surface area contributed by atoms with Gasteiger partial charge >= 0.3 is 0 Å². The van der Waals surface area contributed by atoms with Crippen LogP contribution in [0.15, 0.2) is 29.9 Å². The van der Waals surface area contributed by atoms with E-state index >= 15 is 0 Å². The second-order valence-electron chi connectivity index (χ2n) is 5.20. The summed E-state index contributed by atoms with van der Waals surface area (Å²) in [5.41, 5.74) is 1.53. The molecule has 1 amide bonds. The summed E-state index contributed by atoms with van der Waals surface area (Å²) in [4.78, 5) is 22.9. The van der Waals surface area contributed by atoms with E-state index in [1.807, 2.05) is 35.5 Å². The molecule has 2 aromatic heterocycles. The third-order valence-corrected chi connectivity index (χ3v) is 4.53. The highest BCUT2D eigenvalue weighted by Gasteiger charge is 2.28. The summed E-state index contributed by atoms with van der Waals surface area (Å²) in [7, 11) is 0. The molecule has 0 saturated carbocycles. The Morgan fingerprint density at radius 2 is 2.35 bits per heavy atom. The SMILES string of the molecule is Cc1cccnc1C(=O)N1CCC(Cc2nccs2)C1. The lowest BCUT2D eigenvalue weighted by Crippen LogP contribution is -2.30. The number of nitrogens with zero attached hydrogens (tertiary/aromatic N) is 3. The Hall–Kier alpha value is -1.75. The molecule has 4 nitrogen and oxygen atoms in total. The molecule has 0 radical (unpaired) electrons. The predicted octanol–water partition coefficient (Wildman–Crippen LogP) is 2.55. The fourth-order valence-corrected chi connectivity index (χ4v) is 3.38. The smallest absolute Gasteiger partial charge is 0.272 e. The molecule has 3 heterocycles. The lowest BCUT2D eigenvalue weighted by molar-refractivity contribution is 0.0780. The van der Waals surface area contributed by atoms with Crippen molar-refractivity contribution in [1.82, 2.24) is 14.9 Å². The summed E-state index contributed by atoms with van der Waals surface area (Å²) < 4.78 is 0. The largest absolute Gasteiger partial charge is 0.337 e. The van der Waals surface area contributed by atoms with Gasteiger partial charge in [-0.1, -0.05) is 6.07 Å². The number of hydrogen-bond donors (Lipinski definition) is 0. The summed E-state index contributed by atoms with van der Waals surface area (Å²) in [5, 5.41) is 3.17. The first-order chi connectivity index (χ1) is 9.74. The molecule has 0 aliphatic carbocycles. The predicted molar refractivity (Wildman–Crippen MR) is 78.8 cm³/mol. The van der Waals surface area contributed by atoms with Gasteiger partial charge in [0, 0.05) is 37.3 Å². The maximum Gasteiger partial charge on any atom is 0.272 e. The van der Waals surface area contributed by atoms with Crippen molar-refractivity contribution >= 4 is 17.2 Å². The highest BCUT2D eigenvalue weighted by Crippen LogP contribution is 2.23. The first kappa shape index (κ1) is 13.2. The van der Waals surface area contributed by atoms with E-state index in [0.717, 1.165) is 31.5 Å². The number of amides is 1. The molecule has 1 atom stereocenters. The lowest BCUT2D eigenvalue weighted by atomic mass is 10.1. The Balaban J connectivity index is 1.65. The second kappa shape index (κ2) is 5.71. The average molecular weight is 287 g/mol. The summed E-state index contributed by atoms with van der Waals surface area (Å²) in [6.07, 6.45) is 5.55. The fraction of sp³-hybridized carbons (Fsp3) is 0.400. The first-order valence-corrected chi connectivity index (χ1v) is 7.71. The van der Waals surface area contributed by atoms with Crippen molar-refractivity contribution in [3.05, 3.63) is 46.2 Å². The van der Waals surface area contributed by atoms with Gasteiger partial charge in [0.25, 0.3) is 5.91 Å². The molecular weight excluding hydrogens is 270 g/mol. The Kier molecular flexibility index (Phi) is 3.78. The summed E-state index contributed by atoms with van der Waals surface area (Å²) in [5.74, 6) is 0.582. The molecule has 0 aromatic carbocycles. The number of thiazole rings is 1. The molecule has 0 spiro atoms. The van der Waals surface area contributed by atoms with Crippen LogP contribution in [0.2, 0.25) is 0 Å². The van der Waals surface area contributed by atoms with Crippen LogP contribution in [0.25, 0.3) is 0 Å². The second-order valence-corrected chi connectivity index (χ2v) is 6.18. The van der Waals surface area contributed by atoms with Crippen molar-refractivity contribution in [2.75, 3.05) is 13.1 Å². The molecule has 1 saturated heterocycles. The van der Waals surface area contributed by atoms with Crippen LogP contribution in [-0.2, 0) is 6.42 Å². The minimum Gasteiger partial charge on any atom is -0.337 e. The molecule has 1 fully saturated rings. The number of carbonyl (C=O) groups excluding carboxylic acids is 1. The van der Waals surface area contributed by atoms with E-state index in [9.17, 15) is 4.79 Å². The molecule has 1 aliphatic rings. The average Bonchev–Trinajstić information content (AvgIpc) is 3.11. The monoisotopic (exact) mass is 287 g/mol. The van der Waals surface area contributed by atoms with Crippen LogP contribution in [0.3, 0.4) is 0 Å².